The zero-order chi connectivity index (χ0) is 13.2. The van der Waals surface area contributed by atoms with Crippen LogP contribution in [0.5, 0.6) is 0 Å². The number of amides is 1. The van der Waals surface area contributed by atoms with Crippen molar-refractivity contribution in [2.24, 2.45) is 0 Å². The lowest BCUT2D eigenvalue weighted by Crippen LogP contribution is -2.27. The highest BCUT2D eigenvalue weighted by atomic mass is 19.1. The van der Waals surface area contributed by atoms with Crippen molar-refractivity contribution in [3.8, 4) is 11.4 Å². The van der Waals surface area contributed by atoms with Gasteiger partial charge >= 0.3 is 0 Å². The third-order valence-electron chi connectivity index (χ3n) is 2.82. The average molecular weight is 261 g/mol. The lowest BCUT2D eigenvalue weighted by atomic mass is 10.2. The summed E-state index contributed by atoms with van der Waals surface area (Å²) >= 11 is 0. The van der Waals surface area contributed by atoms with E-state index in [0.29, 0.717) is 17.4 Å². The number of hydrogen-bond acceptors (Lipinski definition) is 4. The number of halogens is 1. The molecule has 2 aromatic rings. The van der Waals surface area contributed by atoms with Gasteiger partial charge in [0.15, 0.2) is 0 Å². The maximum absolute atomic E-state index is 12.8. The predicted molar refractivity (Wildman–Crippen MR) is 64.6 cm³/mol. The lowest BCUT2D eigenvalue weighted by Gasteiger charge is -1.98. The van der Waals surface area contributed by atoms with Crippen molar-refractivity contribution >= 4 is 5.91 Å². The molecule has 0 aliphatic heterocycles. The van der Waals surface area contributed by atoms with Gasteiger partial charge in [0.05, 0.1) is 0 Å². The van der Waals surface area contributed by atoms with Crippen LogP contribution in [0, 0.1) is 5.82 Å². The molecule has 1 amide bonds. The van der Waals surface area contributed by atoms with E-state index in [1.807, 2.05) is 0 Å². The van der Waals surface area contributed by atoms with Gasteiger partial charge in [-0.2, -0.15) is 4.98 Å². The standard InChI is InChI=1S/C13H12FN3O2/c14-9-3-1-8(2-4-9)13-16-12(19-17-13)7-11(18)15-10-5-6-10/h1-4,10H,5-7H2,(H,15,18). The Balaban J connectivity index is 1.68. The molecule has 0 saturated heterocycles. The second-order valence-electron chi connectivity index (χ2n) is 4.54. The number of nitrogens with zero attached hydrogens (tertiary/aromatic N) is 2. The molecular formula is C13H12FN3O2. The van der Waals surface area contributed by atoms with Crippen LogP contribution in [-0.4, -0.2) is 22.1 Å². The molecule has 6 heteroatoms. The Kier molecular flexibility index (Phi) is 2.98. The Hall–Kier alpha value is -2.24. The molecule has 5 nitrogen and oxygen atoms in total. The maximum Gasteiger partial charge on any atom is 0.236 e. The molecule has 1 N–H and O–H groups in total. The van der Waals surface area contributed by atoms with Crippen molar-refractivity contribution in [3.05, 3.63) is 36.0 Å². The Bertz CT molecular complexity index is 590. The Morgan fingerprint density at radius 1 is 1.37 bits per heavy atom. The summed E-state index contributed by atoms with van der Waals surface area (Å²) in [5.41, 5.74) is 0.652. The Morgan fingerprint density at radius 2 is 2.11 bits per heavy atom. The van der Waals surface area contributed by atoms with E-state index in [4.69, 9.17) is 4.52 Å². The number of aromatic nitrogens is 2. The van der Waals surface area contributed by atoms with E-state index in [0.717, 1.165) is 12.8 Å². The molecular weight excluding hydrogens is 249 g/mol. The first-order valence-electron chi connectivity index (χ1n) is 6.08. The molecule has 1 aliphatic rings. The van der Waals surface area contributed by atoms with Crippen LogP contribution in [0.1, 0.15) is 18.7 Å². The zero-order valence-corrected chi connectivity index (χ0v) is 10.1. The largest absolute Gasteiger partial charge is 0.353 e. The van der Waals surface area contributed by atoms with Crippen LogP contribution in [0.4, 0.5) is 4.39 Å². The minimum atomic E-state index is -0.323. The second-order valence-corrected chi connectivity index (χ2v) is 4.54. The van der Waals surface area contributed by atoms with Crippen LogP contribution < -0.4 is 5.32 Å². The summed E-state index contributed by atoms with van der Waals surface area (Å²) in [6, 6.07) is 6.09. The number of nitrogens with one attached hydrogen (secondary N) is 1. The van der Waals surface area contributed by atoms with Gasteiger partial charge in [0.1, 0.15) is 12.2 Å². The Labute approximate surface area is 108 Å². The van der Waals surface area contributed by atoms with Crippen LogP contribution >= 0.6 is 0 Å². The SMILES string of the molecule is O=C(Cc1nc(-c2ccc(F)cc2)no1)NC1CC1. The highest BCUT2D eigenvalue weighted by Gasteiger charge is 2.24. The molecule has 0 atom stereocenters. The maximum atomic E-state index is 12.8. The first-order chi connectivity index (χ1) is 9.20. The summed E-state index contributed by atoms with van der Waals surface area (Å²) in [7, 11) is 0. The normalized spacial score (nSPS) is 14.4. The van der Waals surface area contributed by atoms with Gasteiger partial charge in [-0.15, -0.1) is 0 Å². The highest BCUT2D eigenvalue weighted by Crippen LogP contribution is 2.19. The van der Waals surface area contributed by atoms with Crippen LogP contribution in [-0.2, 0) is 11.2 Å². The molecule has 1 saturated carbocycles. The van der Waals surface area contributed by atoms with Gasteiger partial charge in [-0.25, -0.2) is 4.39 Å². The van der Waals surface area contributed by atoms with E-state index in [2.05, 4.69) is 15.5 Å². The van der Waals surface area contributed by atoms with Crippen LogP contribution in [0.15, 0.2) is 28.8 Å². The van der Waals surface area contributed by atoms with E-state index in [1.54, 1.807) is 12.1 Å². The van der Waals surface area contributed by atoms with E-state index in [1.165, 1.54) is 12.1 Å². The Morgan fingerprint density at radius 3 is 2.79 bits per heavy atom. The van der Waals surface area contributed by atoms with Crippen molar-refractivity contribution in [3.63, 3.8) is 0 Å². The molecule has 0 radical (unpaired) electrons. The highest BCUT2D eigenvalue weighted by molar-refractivity contribution is 5.78. The molecule has 0 spiro atoms. The molecule has 1 aliphatic carbocycles. The fourth-order valence-corrected chi connectivity index (χ4v) is 1.69. The van der Waals surface area contributed by atoms with E-state index in [9.17, 15) is 9.18 Å². The van der Waals surface area contributed by atoms with Gasteiger partial charge in [0, 0.05) is 11.6 Å². The van der Waals surface area contributed by atoms with Crippen LogP contribution in [0.2, 0.25) is 0 Å². The summed E-state index contributed by atoms with van der Waals surface area (Å²) in [4.78, 5) is 15.7. The molecule has 19 heavy (non-hydrogen) atoms. The molecule has 0 bridgehead atoms. The third kappa shape index (κ3) is 2.96. The third-order valence-corrected chi connectivity index (χ3v) is 2.82. The molecule has 1 aromatic carbocycles. The topological polar surface area (TPSA) is 68.0 Å². The van der Waals surface area contributed by atoms with Gasteiger partial charge in [-0.3, -0.25) is 4.79 Å². The molecule has 1 fully saturated rings. The van der Waals surface area contributed by atoms with Gasteiger partial charge in [-0.05, 0) is 37.1 Å². The average Bonchev–Trinajstić information content (AvgIpc) is 3.07. The summed E-state index contributed by atoms with van der Waals surface area (Å²) < 4.78 is 17.8. The lowest BCUT2D eigenvalue weighted by molar-refractivity contribution is -0.120. The molecule has 1 heterocycles. The number of carbonyl (C=O) groups excluding carboxylic acids is 1. The number of carbonyl (C=O) groups is 1. The smallest absolute Gasteiger partial charge is 0.236 e. The van der Waals surface area contributed by atoms with Gasteiger partial charge < -0.3 is 9.84 Å². The van der Waals surface area contributed by atoms with Crippen molar-refractivity contribution in [2.45, 2.75) is 25.3 Å². The predicted octanol–water partition coefficient (Wildman–Crippen LogP) is 1.70. The van der Waals surface area contributed by atoms with E-state index < -0.39 is 0 Å². The van der Waals surface area contributed by atoms with Gasteiger partial charge in [0.25, 0.3) is 0 Å². The van der Waals surface area contributed by atoms with Crippen molar-refractivity contribution in [1.29, 1.82) is 0 Å². The van der Waals surface area contributed by atoms with Crippen LogP contribution in [0.25, 0.3) is 11.4 Å². The quantitative estimate of drug-likeness (QED) is 0.909. The van der Waals surface area contributed by atoms with Crippen molar-refractivity contribution in [2.75, 3.05) is 0 Å². The van der Waals surface area contributed by atoms with Gasteiger partial charge in [-0.1, -0.05) is 5.16 Å². The second kappa shape index (κ2) is 4.79. The number of benzene rings is 1. The summed E-state index contributed by atoms with van der Waals surface area (Å²) in [5, 5.41) is 6.62. The molecule has 98 valence electrons. The first kappa shape index (κ1) is 11.8. The monoisotopic (exact) mass is 261 g/mol. The van der Waals surface area contributed by atoms with E-state index in [-0.39, 0.29) is 24.0 Å². The van der Waals surface area contributed by atoms with E-state index >= 15 is 0 Å². The summed E-state index contributed by atoms with van der Waals surface area (Å²) in [6.07, 6.45) is 2.15. The minimum absolute atomic E-state index is 0.0741. The fourth-order valence-electron chi connectivity index (χ4n) is 1.69. The zero-order valence-electron chi connectivity index (χ0n) is 10.1. The number of rotatable bonds is 4. The number of hydrogen-bond donors (Lipinski definition) is 1. The fraction of sp³-hybridized carbons (Fsp3) is 0.308. The van der Waals surface area contributed by atoms with Crippen molar-refractivity contribution < 1.29 is 13.7 Å². The summed E-state index contributed by atoms with van der Waals surface area (Å²) in [6.45, 7) is 0. The minimum Gasteiger partial charge on any atom is -0.353 e. The summed E-state index contributed by atoms with van der Waals surface area (Å²) in [5.74, 6) is 0.180. The molecule has 3 rings (SSSR count). The first-order valence-corrected chi connectivity index (χ1v) is 6.08. The molecule has 1 aromatic heterocycles. The van der Waals surface area contributed by atoms with Gasteiger partial charge in [0.2, 0.25) is 17.6 Å². The van der Waals surface area contributed by atoms with Crippen LogP contribution in [0.3, 0.4) is 0 Å². The van der Waals surface area contributed by atoms with Crippen molar-refractivity contribution in [1.82, 2.24) is 15.5 Å². The molecule has 0 unspecified atom stereocenters.